The average molecular weight is 331 g/mol. The topological polar surface area (TPSA) is 114 Å². The molecule has 1 aromatic carbocycles. The van der Waals surface area contributed by atoms with Crippen LogP contribution in [0.25, 0.3) is 22.2 Å². The minimum absolute atomic E-state index is 0.0585. The standard InChI is InChI=1S/C15H17N5O2S/c1-23(21,22)7-6-17-13-9-15(16)19-14-8-10(2-3-11(13)14)12-4-5-18-20-12/h2-5,8-9H,6-7H2,1H3,(H,18,20)(H3,16,17,19). The van der Waals surface area contributed by atoms with Gasteiger partial charge in [0.25, 0.3) is 0 Å². The Balaban J connectivity index is 1.95. The van der Waals surface area contributed by atoms with Gasteiger partial charge in [0.15, 0.2) is 0 Å². The fraction of sp³-hybridized carbons (Fsp3) is 0.200. The van der Waals surface area contributed by atoms with Crippen molar-refractivity contribution in [3.05, 3.63) is 36.5 Å². The van der Waals surface area contributed by atoms with Crippen LogP contribution in [0.15, 0.2) is 36.5 Å². The van der Waals surface area contributed by atoms with Crippen molar-refractivity contribution in [2.45, 2.75) is 0 Å². The minimum Gasteiger partial charge on any atom is -0.384 e. The molecule has 0 atom stereocenters. The van der Waals surface area contributed by atoms with Crippen LogP contribution in [0.1, 0.15) is 0 Å². The molecule has 0 saturated carbocycles. The molecule has 7 nitrogen and oxygen atoms in total. The highest BCUT2D eigenvalue weighted by Gasteiger charge is 2.08. The van der Waals surface area contributed by atoms with Crippen LogP contribution < -0.4 is 11.1 Å². The Labute approximate surface area is 133 Å². The number of sulfone groups is 1. The van der Waals surface area contributed by atoms with Gasteiger partial charge >= 0.3 is 0 Å². The number of nitrogens with one attached hydrogen (secondary N) is 2. The summed E-state index contributed by atoms with van der Waals surface area (Å²) in [5.74, 6) is 0.435. The summed E-state index contributed by atoms with van der Waals surface area (Å²) in [6, 6.07) is 9.39. The maximum Gasteiger partial charge on any atom is 0.149 e. The summed E-state index contributed by atoms with van der Waals surface area (Å²) in [5, 5.41) is 10.8. The summed E-state index contributed by atoms with van der Waals surface area (Å²) in [6.07, 6.45) is 2.90. The molecule has 0 spiro atoms. The smallest absolute Gasteiger partial charge is 0.149 e. The van der Waals surface area contributed by atoms with E-state index >= 15 is 0 Å². The zero-order chi connectivity index (χ0) is 16.4. The molecule has 0 aliphatic carbocycles. The number of nitrogens with two attached hydrogens (primary N) is 1. The predicted molar refractivity (Wildman–Crippen MR) is 91.9 cm³/mol. The largest absolute Gasteiger partial charge is 0.384 e. The number of aromatic nitrogens is 3. The number of benzene rings is 1. The summed E-state index contributed by atoms with van der Waals surface area (Å²) >= 11 is 0. The summed E-state index contributed by atoms with van der Waals surface area (Å²) in [7, 11) is -3.01. The van der Waals surface area contributed by atoms with E-state index in [1.54, 1.807) is 12.3 Å². The second-order valence-electron chi connectivity index (χ2n) is 5.35. The fourth-order valence-electron chi connectivity index (χ4n) is 2.35. The van der Waals surface area contributed by atoms with Crippen LogP contribution in [0.2, 0.25) is 0 Å². The molecule has 0 unspecified atom stereocenters. The van der Waals surface area contributed by atoms with Crippen molar-refractivity contribution < 1.29 is 8.42 Å². The number of anilines is 2. The Hall–Kier alpha value is -2.61. The van der Waals surface area contributed by atoms with Gasteiger partial charge in [0.1, 0.15) is 15.7 Å². The number of aromatic amines is 1. The first-order chi connectivity index (χ1) is 10.9. The first kappa shape index (κ1) is 15.3. The van der Waals surface area contributed by atoms with Gasteiger partial charge in [0.2, 0.25) is 0 Å². The summed E-state index contributed by atoms with van der Waals surface area (Å²) in [4.78, 5) is 4.35. The van der Waals surface area contributed by atoms with Crippen LogP contribution >= 0.6 is 0 Å². The van der Waals surface area contributed by atoms with E-state index in [4.69, 9.17) is 5.73 Å². The van der Waals surface area contributed by atoms with Gasteiger partial charge in [0.05, 0.1) is 17.0 Å². The molecule has 0 aliphatic rings. The minimum atomic E-state index is -3.01. The van der Waals surface area contributed by atoms with Crippen molar-refractivity contribution in [1.29, 1.82) is 0 Å². The highest BCUT2D eigenvalue weighted by Crippen LogP contribution is 2.28. The SMILES string of the molecule is CS(=O)(=O)CCNc1cc(N)nc2cc(-c3ccn[nH]3)ccc12. The molecule has 2 heterocycles. The monoisotopic (exact) mass is 331 g/mol. The summed E-state index contributed by atoms with van der Waals surface area (Å²) in [5.41, 5.74) is 9.21. The van der Waals surface area contributed by atoms with Crippen molar-refractivity contribution in [3.8, 4) is 11.3 Å². The van der Waals surface area contributed by atoms with Crippen molar-refractivity contribution in [2.24, 2.45) is 0 Å². The zero-order valence-electron chi connectivity index (χ0n) is 12.6. The third kappa shape index (κ3) is 3.59. The third-order valence-corrected chi connectivity index (χ3v) is 4.38. The van der Waals surface area contributed by atoms with Crippen LogP contribution in [-0.2, 0) is 9.84 Å². The van der Waals surface area contributed by atoms with Gasteiger partial charge in [-0.25, -0.2) is 13.4 Å². The van der Waals surface area contributed by atoms with Crippen molar-refractivity contribution in [3.63, 3.8) is 0 Å². The second-order valence-corrected chi connectivity index (χ2v) is 7.61. The molecule has 120 valence electrons. The first-order valence-electron chi connectivity index (χ1n) is 7.04. The number of pyridine rings is 1. The highest BCUT2D eigenvalue weighted by atomic mass is 32.2. The Kier molecular flexibility index (Phi) is 3.91. The average Bonchev–Trinajstić information content (AvgIpc) is 2.99. The summed E-state index contributed by atoms with van der Waals surface area (Å²) < 4.78 is 22.5. The van der Waals surface area contributed by atoms with E-state index < -0.39 is 9.84 Å². The summed E-state index contributed by atoms with van der Waals surface area (Å²) in [6.45, 7) is 0.319. The van der Waals surface area contributed by atoms with E-state index in [9.17, 15) is 8.42 Å². The van der Waals surface area contributed by atoms with Crippen molar-refractivity contribution in [2.75, 3.05) is 29.6 Å². The Morgan fingerprint density at radius 3 is 2.78 bits per heavy atom. The van der Waals surface area contributed by atoms with E-state index in [0.717, 1.165) is 27.8 Å². The highest BCUT2D eigenvalue weighted by molar-refractivity contribution is 7.90. The number of rotatable bonds is 5. The van der Waals surface area contributed by atoms with Crippen LogP contribution in [0.3, 0.4) is 0 Å². The molecule has 3 aromatic rings. The zero-order valence-corrected chi connectivity index (χ0v) is 13.4. The van der Waals surface area contributed by atoms with Gasteiger partial charge in [-0.3, -0.25) is 5.10 Å². The van der Waals surface area contributed by atoms with Crippen LogP contribution in [-0.4, -0.2) is 42.2 Å². The van der Waals surface area contributed by atoms with Crippen molar-refractivity contribution >= 4 is 32.2 Å². The maximum absolute atomic E-state index is 11.2. The lowest BCUT2D eigenvalue weighted by molar-refractivity contribution is 0.602. The molecule has 0 radical (unpaired) electrons. The maximum atomic E-state index is 11.2. The lowest BCUT2D eigenvalue weighted by Crippen LogP contribution is -2.14. The van der Waals surface area contributed by atoms with Gasteiger partial charge in [-0.2, -0.15) is 5.10 Å². The molecule has 3 rings (SSSR count). The molecular weight excluding hydrogens is 314 g/mol. The number of nitrogens with zero attached hydrogens (tertiary/aromatic N) is 2. The lowest BCUT2D eigenvalue weighted by Gasteiger charge is -2.11. The molecule has 0 bridgehead atoms. The Bertz CT molecular complexity index is 936. The van der Waals surface area contributed by atoms with E-state index in [-0.39, 0.29) is 5.75 Å². The predicted octanol–water partition coefficient (Wildman–Crippen LogP) is 1.66. The number of hydrogen-bond donors (Lipinski definition) is 3. The number of H-pyrrole nitrogens is 1. The fourth-order valence-corrected chi connectivity index (χ4v) is 2.82. The Morgan fingerprint density at radius 1 is 1.26 bits per heavy atom. The molecule has 23 heavy (non-hydrogen) atoms. The molecule has 0 fully saturated rings. The van der Waals surface area contributed by atoms with E-state index in [1.807, 2.05) is 24.3 Å². The second kappa shape index (κ2) is 5.88. The van der Waals surface area contributed by atoms with Crippen LogP contribution in [0.4, 0.5) is 11.5 Å². The van der Waals surface area contributed by atoms with Gasteiger partial charge in [0, 0.05) is 41.7 Å². The molecule has 2 aromatic heterocycles. The Morgan fingerprint density at radius 2 is 2.09 bits per heavy atom. The number of fused-ring (bicyclic) bond motifs is 1. The first-order valence-corrected chi connectivity index (χ1v) is 9.10. The van der Waals surface area contributed by atoms with E-state index in [0.29, 0.717) is 12.4 Å². The molecule has 4 N–H and O–H groups in total. The number of hydrogen-bond acceptors (Lipinski definition) is 6. The van der Waals surface area contributed by atoms with Gasteiger partial charge in [-0.1, -0.05) is 12.1 Å². The van der Waals surface area contributed by atoms with Gasteiger partial charge in [-0.15, -0.1) is 0 Å². The van der Waals surface area contributed by atoms with Crippen LogP contribution in [0.5, 0.6) is 0 Å². The third-order valence-electron chi connectivity index (χ3n) is 3.43. The lowest BCUT2D eigenvalue weighted by atomic mass is 10.1. The molecule has 8 heteroatoms. The number of nitrogen functional groups attached to an aromatic ring is 1. The van der Waals surface area contributed by atoms with Crippen molar-refractivity contribution in [1.82, 2.24) is 15.2 Å². The molecule has 0 aliphatic heterocycles. The molecule has 0 saturated heterocycles. The molecule has 0 amide bonds. The van der Waals surface area contributed by atoms with Crippen LogP contribution in [0, 0.1) is 0 Å². The quantitative estimate of drug-likeness (QED) is 0.655. The van der Waals surface area contributed by atoms with Gasteiger partial charge < -0.3 is 11.1 Å². The van der Waals surface area contributed by atoms with E-state index in [2.05, 4.69) is 20.5 Å². The normalized spacial score (nSPS) is 11.7. The van der Waals surface area contributed by atoms with E-state index in [1.165, 1.54) is 6.26 Å². The molecular formula is C15H17N5O2S. The van der Waals surface area contributed by atoms with Gasteiger partial charge in [-0.05, 0) is 12.1 Å².